The van der Waals surface area contributed by atoms with E-state index in [0.717, 1.165) is 5.56 Å². The van der Waals surface area contributed by atoms with Gasteiger partial charge in [-0.3, -0.25) is 0 Å². The molecular formula is C12H12Cl2N2O. The predicted molar refractivity (Wildman–Crippen MR) is 69.4 cm³/mol. The number of oxazole rings is 1. The Kier molecular flexibility index (Phi) is 3.72. The summed E-state index contributed by atoms with van der Waals surface area (Å²) in [6.07, 6.45) is 1.65. The molecule has 0 spiro atoms. The van der Waals surface area contributed by atoms with E-state index in [1.54, 1.807) is 12.3 Å². The largest absolute Gasteiger partial charge is 0.439 e. The highest BCUT2D eigenvalue weighted by atomic mass is 35.5. The monoisotopic (exact) mass is 270 g/mol. The van der Waals surface area contributed by atoms with Gasteiger partial charge >= 0.3 is 0 Å². The van der Waals surface area contributed by atoms with Gasteiger partial charge in [0, 0.05) is 5.56 Å². The summed E-state index contributed by atoms with van der Waals surface area (Å²) < 4.78 is 5.64. The third kappa shape index (κ3) is 2.46. The summed E-state index contributed by atoms with van der Waals surface area (Å²) in [5.74, 6) is 1.24. The lowest BCUT2D eigenvalue weighted by Gasteiger charge is -2.04. The van der Waals surface area contributed by atoms with Crippen molar-refractivity contribution in [3.05, 3.63) is 40.3 Å². The lowest BCUT2D eigenvalue weighted by molar-refractivity contribution is 0.441. The fourth-order valence-electron chi connectivity index (χ4n) is 1.43. The van der Waals surface area contributed by atoms with Crippen LogP contribution in [0, 0.1) is 0 Å². The first-order valence-electron chi connectivity index (χ1n) is 5.21. The van der Waals surface area contributed by atoms with Gasteiger partial charge in [0.1, 0.15) is 0 Å². The molecule has 0 radical (unpaired) electrons. The van der Waals surface area contributed by atoms with Crippen LogP contribution in [0.1, 0.15) is 18.9 Å². The molecule has 1 N–H and O–H groups in total. The zero-order chi connectivity index (χ0) is 12.4. The van der Waals surface area contributed by atoms with Crippen molar-refractivity contribution in [1.82, 2.24) is 10.3 Å². The van der Waals surface area contributed by atoms with E-state index in [0.29, 0.717) is 21.7 Å². The van der Waals surface area contributed by atoms with Crippen molar-refractivity contribution in [3.8, 4) is 11.3 Å². The lowest BCUT2D eigenvalue weighted by Crippen LogP contribution is -2.12. The molecule has 5 heteroatoms. The molecule has 90 valence electrons. The molecule has 1 aromatic carbocycles. The molecule has 0 saturated carbocycles. The van der Waals surface area contributed by atoms with Crippen LogP contribution in [0.5, 0.6) is 0 Å². The molecule has 0 bridgehead atoms. The smallest absolute Gasteiger partial charge is 0.211 e. The SMILES string of the molecule is CNC(C)c1ncc(-c2cccc(Cl)c2Cl)o1. The summed E-state index contributed by atoms with van der Waals surface area (Å²) in [6, 6.07) is 5.47. The Hall–Kier alpha value is -1.03. The zero-order valence-electron chi connectivity index (χ0n) is 9.50. The second kappa shape index (κ2) is 5.08. The van der Waals surface area contributed by atoms with Crippen molar-refractivity contribution in [2.75, 3.05) is 7.05 Å². The number of hydrogen-bond acceptors (Lipinski definition) is 3. The normalized spacial score (nSPS) is 12.7. The van der Waals surface area contributed by atoms with Crippen molar-refractivity contribution in [3.63, 3.8) is 0 Å². The molecule has 0 aliphatic carbocycles. The number of nitrogens with one attached hydrogen (secondary N) is 1. The van der Waals surface area contributed by atoms with Gasteiger partial charge in [0.25, 0.3) is 0 Å². The molecule has 0 aliphatic rings. The van der Waals surface area contributed by atoms with Gasteiger partial charge in [-0.05, 0) is 26.1 Å². The number of nitrogens with zero attached hydrogens (tertiary/aromatic N) is 1. The highest BCUT2D eigenvalue weighted by Gasteiger charge is 2.14. The summed E-state index contributed by atoms with van der Waals surface area (Å²) in [5.41, 5.74) is 0.751. The Morgan fingerprint density at radius 1 is 1.35 bits per heavy atom. The number of hydrogen-bond donors (Lipinski definition) is 1. The molecular weight excluding hydrogens is 259 g/mol. The minimum Gasteiger partial charge on any atom is -0.439 e. The van der Waals surface area contributed by atoms with Crippen LogP contribution in [-0.2, 0) is 0 Å². The van der Waals surface area contributed by atoms with Crippen molar-refractivity contribution in [2.24, 2.45) is 0 Å². The van der Waals surface area contributed by atoms with Gasteiger partial charge in [-0.1, -0.05) is 29.3 Å². The molecule has 1 heterocycles. The lowest BCUT2D eigenvalue weighted by atomic mass is 10.2. The molecule has 0 amide bonds. The van der Waals surface area contributed by atoms with Crippen LogP contribution in [-0.4, -0.2) is 12.0 Å². The molecule has 0 fully saturated rings. The van der Waals surface area contributed by atoms with Crippen LogP contribution in [0.2, 0.25) is 10.0 Å². The number of halogens is 2. The van der Waals surface area contributed by atoms with E-state index >= 15 is 0 Å². The standard InChI is InChI=1S/C12H12Cl2N2O/c1-7(15-2)12-16-6-10(17-12)8-4-3-5-9(13)11(8)14/h3-7,15H,1-2H3. The van der Waals surface area contributed by atoms with Gasteiger partial charge in [-0.25, -0.2) is 4.98 Å². The van der Waals surface area contributed by atoms with Gasteiger partial charge in [0.15, 0.2) is 5.76 Å². The van der Waals surface area contributed by atoms with E-state index in [-0.39, 0.29) is 6.04 Å². The maximum atomic E-state index is 6.12. The number of benzene rings is 1. The predicted octanol–water partition coefficient (Wildman–Crippen LogP) is 3.93. The first-order valence-corrected chi connectivity index (χ1v) is 5.96. The van der Waals surface area contributed by atoms with Crippen molar-refractivity contribution in [1.29, 1.82) is 0 Å². The summed E-state index contributed by atoms with van der Waals surface area (Å²) in [4.78, 5) is 4.20. The van der Waals surface area contributed by atoms with Crippen molar-refractivity contribution < 1.29 is 4.42 Å². The Balaban J connectivity index is 2.40. The number of aromatic nitrogens is 1. The maximum absolute atomic E-state index is 6.12. The second-order valence-corrected chi connectivity index (χ2v) is 4.46. The molecule has 0 aliphatic heterocycles. The molecule has 1 unspecified atom stereocenters. The van der Waals surface area contributed by atoms with Gasteiger partial charge in [0.05, 0.1) is 22.3 Å². The fraction of sp³-hybridized carbons (Fsp3) is 0.250. The molecule has 1 atom stereocenters. The first-order chi connectivity index (χ1) is 8.13. The Labute approximate surface area is 110 Å². The Morgan fingerprint density at radius 3 is 2.82 bits per heavy atom. The van der Waals surface area contributed by atoms with Gasteiger partial charge in [-0.2, -0.15) is 0 Å². The molecule has 2 rings (SSSR count). The maximum Gasteiger partial charge on any atom is 0.211 e. The van der Waals surface area contributed by atoms with Crippen LogP contribution < -0.4 is 5.32 Å². The van der Waals surface area contributed by atoms with Crippen molar-refractivity contribution >= 4 is 23.2 Å². The van der Waals surface area contributed by atoms with Crippen molar-refractivity contribution in [2.45, 2.75) is 13.0 Å². The Morgan fingerprint density at radius 2 is 2.12 bits per heavy atom. The highest BCUT2D eigenvalue weighted by molar-refractivity contribution is 6.43. The molecule has 2 aromatic rings. The van der Waals surface area contributed by atoms with E-state index in [1.165, 1.54) is 0 Å². The average Bonchev–Trinajstić information content (AvgIpc) is 2.81. The summed E-state index contributed by atoms with van der Waals surface area (Å²) >= 11 is 12.1. The molecule has 0 saturated heterocycles. The quantitative estimate of drug-likeness (QED) is 0.919. The van der Waals surface area contributed by atoms with E-state index in [9.17, 15) is 0 Å². The van der Waals surface area contributed by atoms with Crippen LogP contribution in [0.15, 0.2) is 28.8 Å². The van der Waals surface area contributed by atoms with Crippen LogP contribution in [0.4, 0.5) is 0 Å². The van der Waals surface area contributed by atoms with E-state index in [4.69, 9.17) is 27.6 Å². The Bertz CT molecular complexity index is 525. The number of rotatable bonds is 3. The van der Waals surface area contributed by atoms with E-state index in [2.05, 4.69) is 10.3 Å². The third-order valence-corrected chi connectivity index (χ3v) is 3.36. The van der Waals surface area contributed by atoms with Gasteiger partial charge < -0.3 is 9.73 Å². The molecule has 1 aromatic heterocycles. The minimum absolute atomic E-state index is 0.0571. The summed E-state index contributed by atoms with van der Waals surface area (Å²) in [6.45, 7) is 1.97. The van der Waals surface area contributed by atoms with Crippen LogP contribution in [0.3, 0.4) is 0 Å². The van der Waals surface area contributed by atoms with Crippen LogP contribution in [0.25, 0.3) is 11.3 Å². The minimum atomic E-state index is 0.0571. The van der Waals surface area contributed by atoms with E-state index < -0.39 is 0 Å². The third-order valence-electron chi connectivity index (χ3n) is 2.54. The highest BCUT2D eigenvalue weighted by Crippen LogP contribution is 2.34. The van der Waals surface area contributed by atoms with E-state index in [1.807, 2.05) is 26.1 Å². The summed E-state index contributed by atoms with van der Waals surface area (Å²) in [7, 11) is 1.85. The zero-order valence-corrected chi connectivity index (χ0v) is 11.0. The van der Waals surface area contributed by atoms with Gasteiger partial charge in [-0.15, -0.1) is 0 Å². The molecule has 3 nitrogen and oxygen atoms in total. The van der Waals surface area contributed by atoms with Crippen LogP contribution >= 0.6 is 23.2 Å². The fourth-order valence-corrected chi connectivity index (χ4v) is 1.82. The second-order valence-electron chi connectivity index (χ2n) is 3.67. The topological polar surface area (TPSA) is 38.1 Å². The van der Waals surface area contributed by atoms with Gasteiger partial charge in [0.2, 0.25) is 5.89 Å². The average molecular weight is 271 g/mol. The molecule has 17 heavy (non-hydrogen) atoms. The summed E-state index contributed by atoms with van der Waals surface area (Å²) in [5, 5.41) is 4.04. The first kappa shape index (κ1) is 12.4.